The molecule has 0 fully saturated rings. The van der Waals surface area contributed by atoms with E-state index in [9.17, 15) is 27.6 Å². The molecule has 0 aliphatic heterocycles. The number of thiophene rings is 1. The van der Waals surface area contributed by atoms with E-state index in [2.05, 4.69) is 15.4 Å². The van der Waals surface area contributed by atoms with Gasteiger partial charge in [0.05, 0.1) is 12.1 Å². The van der Waals surface area contributed by atoms with Gasteiger partial charge in [-0.2, -0.15) is 0 Å². The molecule has 232 valence electrons. The highest BCUT2D eigenvalue weighted by atomic mass is 32.1. The molecule has 2 amide bonds. The van der Waals surface area contributed by atoms with Crippen LogP contribution in [0.1, 0.15) is 31.9 Å². The molecular formula is C36H27F3N2O4S. The number of halogens is 3. The van der Waals surface area contributed by atoms with Gasteiger partial charge >= 0.3 is 6.36 Å². The van der Waals surface area contributed by atoms with Crippen molar-refractivity contribution in [3.05, 3.63) is 142 Å². The standard InChI is InChI=1S/C36H27F3N2O4S/c1-23-7-9-24(10-8-23)21-34(43)41-31-18-13-27(22-30(31)35(44)26-5-3-2-4-6-26)40-33(42)20-17-29-16-19-32(46-29)25-11-14-28(15-12-25)45-36(37,38)39/h2-20,22H,21H2,1H3,(H,40,42)(H,41,43)/b20-17+. The summed E-state index contributed by atoms with van der Waals surface area (Å²) in [6.45, 7) is 1.96. The summed E-state index contributed by atoms with van der Waals surface area (Å²) in [7, 11) is 0. The number of nitrogens with one attached hydrogen (secondary N) is 2. The van der Waals surface area contributed by atoms with Crippen LogP contribution in [-0.4, -0.2) is 24.0 Å². The number of benzene rings is 4. The molecule has 10 heteroatoms. The molecule has 6 nitrogen and oxygen atoms in total. The number of anilines is 2. The van der Waals surface area contributed by atoms with Crippen molar-refractivity contribution in [1.29, 1.82) is 0 Å². The fourth-order valence-electron chi connectivity index (χ4n) is 4.51. The van der Waals surface area contributed by atoms with Crippen LogP contribution in [0.3, 0.4) is 0 Å². The average molecular weight is 641 g/mol. The molecule has 2 N–H and O–H groups in total. The van der Waals surface area contributed by atoms with E-state index < -0.39 is 12.3 Å². The Labute approximate surface area is 267 Å². The molecule has 0 radical (unpaired) electrons. The van der Waals surface area contributed by atoms with Crippen LogP contribution in [0.5, 0.6) is 5.75 Å². The quantitative estimate of drug-likeness (QED) is 0.118. The molecule has 0 bridgehead atoms. The number of ketones is 1. The molecule has 0 saturated heterocycles. The summed E-state index contributed by atoms with van der Waals surface area (Å²) in [6.07, 6.45) is -1.68. The van der Waals surface area contributed by atoms with Crippen molar-refractivity contribution in [2.45, 2.75) is 19.7 Å². The largest absolute Gasteiger partial charge is 0.573 e. The lowest BCUT2D eigenvalue weighted by atomic mass is 10.0. The van der Waals surface area contributed by atoms with E-state index >= 15 is 0 Å². The average Bonchev–Trinajstić information content (AvgIpc) is 3.51. The van der Waals surface area contributed by atoms with Crippen LogP contribution < -0.4 is 15.4 Å². The lowest BCUT2D eigenvalue weighted by Crippen LogP contribution is -2.18. The van der Waals surface area contributed by atoms with E-state index in [4.69, 9.17) is 0 Å². The van der Waals surface area contributed by atoms with Gasteiger partial charge in [-0.25, -0.2) is 0 Å². The lowest BCUT2D eigenvalue weighted by molar-refractivity contribution is -0.274. The molecule has 0 aliphatic rings. The molecule has 0 aliphatic carbocycles. The van der Waals surface area contributed by atoms with E-state index in [1.54, 1.807) is 60.7 Å². The number of rotatable bonds is 10. The summed E-state index contributed by atoms with van der Waals surface area (Å²) in [5, 5.41) is 5.59. The minimum absolute atomic E-state index is 0.130. The first-order valence-corrected chi connectivity index (χ1v) is 14.9. The zero-order chi connectivity index (χ0) is 32.7. The third-order valence-corrected chi connectivity index (χ3v) is 7.82. The second-order valence-electron chi connectivity index (χ2n) is 10.3. The first kappa shape index (κ1) is 31.9. The molecular weight excluding hydrogens is 613 g/mol. The highest BCUT2D eigenvalue weighted by molar-refractivity contribution is 7.16. The molecule has 1 aromatic heterocycles. The Bertz CT molecular complexity index is 1880. The zero-order valence-corrected chi connectivity index (χ0v) is 25.2. The van der Waals surface area contributed by atoms with Crippen molar-refractivity contribution in [3.8, 4) is 16.2 Å². The Kier molecular flexibility index (Phi) is 9.78. The highest BCUT2D eigenvalue weighted by Gasteiger charge is 2.31. The van der Waals surface area contributed by atoms with E-state index in [-0.39, 0.29) is 29.4 Å². The number of ether oxygens (including phenoxy) is 1. The third-order valence-electron chi connectivity index (χ3n) is 6.73. The molecule has 0 spiro atoms. The molecule has 4 aromatic carbocycles. The molecule has 1 heterocycles. The van der Waals surface area contributed by atoms with Gasteiger partial charge in [0.2, 0.25) is 11.8 Å². The Morgan fingerprint density at radius 1 is 0.826 bits per heavy atom. The minimum Gasteiger partial charge on any atom is -0.406 e. The maximum Gasteiger partial charge on any atom is 0.573 e. The number of amides is 2. The normalized spacial score (nSPS) is 11.3. The Morgan fingerprint density at radius 2 is 1.54 bits per heavy atom. The molecule has 5 rings (SSSR count). The Balaban J connectivity index is 1.28. The molecule has 0 atom stereocenters. The first-order chi connectivity index (χ1) is 22.0. The summed E-state index contributed by atoms with van der Waals surface area (Å²) in [5.74, 6) is -1.36. The highest BCUT2D eigenvalue weighted by Crippen LogP contribution is 2.31. The monoisotopic (exact) mass is 640 g/mol. The maximum absolute atomic E-state index is 13.5. The molecule has 0 unspecified atom stereocenters. The predicted octanol–water partition coefficient (Wildman–Crippen LogP) is 8.69. The van der Waals surface area contributed by atoms with Gasteiger partial charge in [-0.3, -0.25) is 14.4 Å². The number of carbonyl (C=O) groups is 3. The van der Waals surface area contributed by atoms with Gasteiger partial charge in [-0.05, 0) is 78.7 Å². The Morgan fingerprint density at radius 3 is 2.24 bits per heavy atom. The van der Waals surface area contributed by atoms with Crippen molar-refractivity contribution in [3.63, 3.8) is 0 Å². The van der Waals surface area contributed by atoms with Crippen LogP contribution in [0, 0.1) is 6.92 Å². The van der Waals surface area contributed by atoms with E-state index in [1.807, 2.05) is 31.2 Å². The Hall–Kier alpha value is -5.48. The van der Waals surface area contributed by atoms with Crippen LogP contribution in [0.2, 0.25) is 0 Å². The predicted molar refractivity (Wildman–Crippen MR) is 174 cm³/mol. The fraction of sp³-hybridized carbons (Fsp3) is 0.0833. The maximum atomic E-state index is 13.5. The smallest absolute Gasteiger partial charge is 0.406 e. The van der Waals surface area contributed by atoms with Crippen LogP contribution in [-0.2, 0) is 16.0 Å². The number of alkyl halides is 3. The van der Waals surface area contributed by atoms with Crippen LogP contribution in [0.4, 0.5) is 24.5 Å². The molecule has 0 saturated carbocycles. The summed E-state index contributed by atoms with van der Waals surface area (Å²) < 4.78 is 41.2. The van der Waals surface area contributed by atoms with Gasteiger partial charge in [0.15, 0.2) is 5.78 Å². The van der Waals surface area contributed by atoms with Crippen LogP contribution in [0.15, 0.2) is 115 Å². The summed E-state index contributed by atoms with van der Waals surface area (Å²) >= 11 is 1.35. The van der Waals surface area contributed by atoms with Gasteiger partial charge in [0, 0.05) is 32.6 Å². The number of hydrogen-bond donors (Lipinski definition) is 2. The van der Waals surface area contributed by atoms with Crippen molar-refractivity contribution in [1.82, 2.24) is 0 Å². The van der Waals surface area contributed by atoms with Gasteiger partial charge in [-0.15, -0.1) is 24.5 Å². The summed E-state index contributed by atoms with van der Waals surface area (Å²) in [5.41, 5.74) is 3.95. The summed E-state index contributed by atoms with van der Waals surface area (Å²) in [4.78, 5) is 40.7. The third kappa shape index (κ3) is 8.80. The van der Waals surface area contributed by atoms with Crippen LogP contribution >= 0.6 is 11.3 Å². The van der Waals surface area contributed by atoms with Crippen molar-refractivity contribution < 1.29 is 32.3 Å². The van der Waals surface area contributed by atoms with E-state index in [0.29, 0.717) is 22.5 Å². The van der Waals surface area contributed by atoms with Gasteiger partial charge in [0.1, 0.15) is 5.75 Å². The van der Waals surface area contributed by atoms with Crippen molar-refractivity contribution in [2.24, 2.45) is 0 Å². The topological polar surface area (TPSA) is 84.5 Å². The summed E-state index contributed by atoms with van der Waals surface area (Å²) in [6, 6.07) is 30.1. The second kappa shape index (κ2) is 14.1. The molecule has 5 aromatic rings. The van der Waals surface area contributed by atoms with Crippen molar-refractivity contribution >= 4 is 46.4 Å². The van der Waals surface area contributed by atoms with Gasteiger partial charge in [0.25, 0.3) is 0 Å². The second-order valence-corrected chi connectivity index (χ2v) is 11.4. The van der Waals surface area contributed by atoms with Crippen molar-refractivity contribution in [2.75, 3.05) is 10.6 Å². The van der Waals surface area contributed by atoms with E-state index in [0.717, 1.165) is 20.9 Å². The fourth-order valence-corrected chi connectivity index (χ4v) is 5.43. The molecule has 46 heavy (non-hydrogen) atoms. The first-order valence-electron chi connectivity index (χ1n) is 14.1. The van der Waals surface area contributed by atoms with Gasteiger partial charge in [-0.1, -0.05) is 60.2 Å². The van der Waals surface area contributed by atoms with E-state index in [1.165, 1.54) is 47.7 Å². The van der Waals surface area contributed by atoms with Crippen LogP contribution in [0.25, 0.3) is 16.5 Å². The lowest BCUT2D eigenvalue weighted by Gasteiger charge is -2.13. The zero-order valence-electron chi connectivity index (χ0n) is 24.4. The number of aryl methyl sites for hydroxylation is 1. The minimum atomic E-state index is -4.76. The number of carbonyl (C=O) groups excluding carboxylic acids is 3. The SMILES string of the molecule is Cc1ccc(CC(=O)Nc2ccc(NC(=O)/C=C/c3ccc(-c4ccc(OC(F)(F)F)cc4)s3)cc2C(=O)c2ccccc2)cc1. The number of hydrogen-bond acceptors (Lipinski definition) is 5. The van der Waals surface area contributed by atoms with Gasteiger partial charge < -0.3 is 15.4 Å².